The van der Waals surface area contributed by atoms with Crippen LogP contribution < -0.4 is 5.32 Å². The van der Waals surface area contributed by atoms with Crippen molar-refractivity contribution in [1.82, 2.24) is 25.0 Å². The van der Waals surface area contributed by atoms with Crippen molar-refractivity contribution < 1.29 is 4.74 Å². The lowest BCUT2D eigenvalue weighted by atomic mass is 10.1. The molecule has 2 rings (SSSR count). The second-order valence-corrected chi connectivity index (χ2v) is 5.25. The summed E-state index contributed by atoms with van der Waals surface area (Å²) in [6.45, 7) is 4.86. The van der Waals surface area contributed by atoms with Crippen molar-refractivity contribution in [3.63, 3.8) is 0 Å². The first-order valence-corrected chi connectivity index (χ1v) is 7.07. The average Bonchev–Trinajstić information content (AvgIpc) is 2.86. The first-order chi connectivity index (χ1) is 9.29. The maximum absolute atomic E-state index is 5.07. The maximum Gasteiger partial charge on any atom is 0.146 e. The molecular formula is C13H25N5O. The number of likely N-dealkylation sites (tertiary alicyclic amines) is 1. The molecule has 19 heavy (non-hydrogen) atoms. The summed E-state index contributed by atoms with van der Waals surface area (Å²) in [6, 6.07) is 0.611. The smallest absolute Gasteiger partial charge is 0.146 e. The van der Waals surface area contributed by atoms with E-state index in [4.69, 9.17) is 4.74 Å². The van der Waals surface area contributed by atoms with Crippen LogP contribution in [0.4, 0.5) is 0 Å². The van der Waals surface area contributed by atoms with E-state index in [0.717, 1.165) is 31.9 Å². The minimum absolute atomic E-state index is 0.611. The molecule has 1 N–H and O–H groups in total. The predicted molar refractivity (Wildman–Crippen MR) is 73.9 cm³/mol. The lowest BCUT2D eigenvalue weighted by Crippen LogP contribution is -2.40. The van der Waals surface area contributed by atoms with E-state index < -0.39 is 0 Å². The van der Waals surface area contributed by atoms with Crippen LogP contribution in [0.1, 0.15) is 25.1 Å². The lowest BCUT2D eigenvalue weighted by molar-refractivity contribution is 0.189. The molecule has 1 aromatic heterocycles. The molecule has 0 amide bonds. The summed E-state index contributed by atoms with van der Waals surface area (Å²) in [5.74, 6) is 1.02. The highest BCUT2D eigenvalue weighted by Crippen LogP contribution is 2.09. The molecule has 1 saturated heterocycles. The van der Waals surface area contributed by atoms with Crippen molar-refractivity contribution in [3.05, 3.63) is 12.2 Å². The maximum atomic E-state index is 5.07. The van der Waals surface area contributed by atoms with Crippen LogP contribution in [0, 0.1) is 0 Å². The molecule has 0 radical (unpaired) electrons. The fraction of sp³-hybridized carbons (Fsp3) is 0.846. The van der Waals surface area contributed by atoms with Crippen LogP contribution in [-0.2, 0) is 17.8 Å². The Hall–Kier alpha value is -0.980. The standard InChI is InChI=1S/C13H25N5O/c1-17-7-4-12(5-8-17)14-10-13-16-15-11-18(13)6-3-9-19-2/h11-12,14H,3-10H2,1-2H3. The number of aromatic nitrogens is 3. The highest BCUT2D eigenvalue weighted by molar-refractivity contribution is 4.87. The fourth-order valence-electron chi connectivity index (χ4n) is 2.43. The molecule has 0 aromatic carbocycles. The van der Waals surface area contributed by atoms with Gasteiger partial charge in [-0.1, -0.05) is 0 Å². The number of rotatable bonds is 7. The summed E-state index contributed by atoms with van der Waals surface area (Å²) in [4.78, 5) is 2.38. The topological polar surface area (TPSA) is 55.2 Å². The van der Waals surface area contributed by atoms with Crippen LogP contribution in [0.2, 0.25) is 0 Å². The molecule has 2 heterocycles. The Labute approximate surface area is 115 Å². The van der Waals surface area contributed by atoms with Gasteiger partial charge >= 0.3 is 0 Å². The monoisotopic (exact) mass is 267 g/mol. The Morgan fingerprint density at radius 1 is 1.42 bits per heavy atom. The van der Waals surface area contributed by atoms with Crippen molar-refractivity contribution in [2.45, 2.75) is 38.4 Å². The quantitative estimate of drug-likeness (QED) is 0.729. The van der Waals surface area contributed by atoms with E-state index in [1.165, 1.54) is 25.9 Å². The van der Waals surface area contributed by atoms with E-state index in [9.17, 15) is 0 Å². The van der Waals surface area contributed by atoms with Gasteiger partial charge in [0.05, 0.1) is 6.54 Å². The number of nitrogens with one attached hydrogen (secondary N) is 1. The highest BCUT2D eigenvalue weighted by atomic mass is 16.5. The molecule has 0 atom stereocenters. The van der Waals surface area contributed by atoms with Crippen LogP contribution in [0.5, 0.6) is 0 Å². The molecule has 6 nitrogen and oxygen atoms in total. The number of aryl methyl sites for hydroxylation is 1. The predicted octanol–water partition coefficient (Wildman–Crippen LogP) is 0.498. The number of ether oxygens (including phenoxy) is 1. The number of piperidine rings is 1. The van der Waals surface area contributed by atoms with Gasteiger partial charge in [-0.15, -0.1) is 10.2 Å². The third-order valence-electron chi connectivity index (χ3n) is 3.71. The van der Waals surface area contributed by atoms with Crippen LogP contribution in [0.3, 0.4) is 0 Å². The molecule has 1 aliphatic rings. The zero-order chi connectivity index (χ0) is 13.5. The minimum atomic E-state index is 0.611. The largest absolute Gasteiger partial charge is 0.385 e. The Morgan fingerprint density at radius 3 is 2.95 bits per heavy atom. The van der Waals surface area contributed by atoms with Crippen molar-refractivity contribution in [1.29, 1.82) is 0 Å². The van der Waals surface area contributed by atoms with E-state index in [2.05, 4.69) is 32.0 Å². The van der Waals surface area contributed by atoms with Crippen LogP contribution in [0.25, 0.3) is 0 Å². The van der Waals surface area contributed by atoms with Gasteiger partial charge in [0.25, 0.3) is 0 Å². The van der Waals surface area contributed by atoms with Crippen LogP contribution in [0.15, 0.2) is 6.33 Å². The van der Waals surface area contributed by atoms with E-state index in [1.54, 1.807) is 13.4 Å². The number of nitrogens with zero attached hydrogens (tertiary/aromatic N) is 4. The van der Waals surface area contributed by atoms with E-state index in [1.807, 2.05) is 0 Å². The molecule has 0 aliphatic carbocycles. The summed E-state index contributed by atoms with van der Waals surface area (Å²) >= 11 is 0. The summed E-state index contributed by atoms with van der Waals surface area (Å²) < 4.78 is 7.18. The van der Waals surface area contributed by atoms with E-state index in [0.29, 0.717) is 6.04 Å². The third-order valence-corrected chi connectivity index (χ3v) is 3.71. The van der Waals surface area contributed by atoms with Crippen molar-refractivity contribution in [2.24, 2.45) is 0 Å². The van der Waals surface area contributed by atoms with Gasteiger partial charge in [-0.3, -0.25) is 0 Å². The molecule has 1 aromatic rings. The summed E-state index contributed by atoms with van der Waals surface area (Å²) in [6.07, 6.45) is 5.24. The number of methoxy groups -OCH3 is 1. The summed E-state index contributed by atoms with van der Waals surface area (Å²) in [5, 5.41) is 11.8. The SMILES string of the molecule is COCCCn1cnnc1CNC1CCN(C)CC1. The minimum Gasteiger partial charge on any atom is -0.385 e. The molecule has 0 bridgehead atoms. The number of hydrogen-bond donors (Lipinski definition) is 1. The first-order valence-electron chi connectivity index (χ1n) is 7.07. The summed E-state index contributed by atoms with van der Waals surface area (Å²) in [5.41, 5.74) is 0. The van der Waals surface area contributed by atoms with Crippen LogP contribution in [-0.4, -0.2) is 59.6 Å². The zero-order valence-corrected chi connectivity index (χ0v) is 12.0. The Morgan fingerprint density at radius 2 is 2.21 bits per heavy atom. The average molecular weight is 267 g/mol. The fourth-order valence-corrected chi connectivity index (χ4v) is 2.43. The third kappa shape index (κ3) is 4.56. The van der Waals surface area contributed by atoms with Gasteiger partial charge in [0, 0.05) is 26.3 Å². The van der Waals surface area contributed by atoms with Gasteiger partial charge < -0.3 is 19.5 Å². The van der Waals surface area contributed by atoms with E-state index >= 15 is 0 Å². The molecule has 108 valence electrons. The first kappa shape index (κ1) is 14.4. The van der Waals surface area contributed by atoms with E-state index in [-0.39, 0.29) is 0 Å². The zero-order valence-electron chi connectivity index (χ0n) is 12.0. The molecule has 1 fully saturated rings. The van der Waals surface area contributed by atoms with Crippen molar-refractivity contribution in [2.75, 3.05) is 33.9 Å². The number of hydrogen-bond acceptors (Lipinski definition) is 5. The molecule has 0 unspecified atom stereocenters. The normalized spacial score (nSPS) is 18.0. The van der Waals surface area contributed by atoms with Crippen molar-refractivity contribution in [3.8, 4) is 0 Å². The van der Waals surface area contributed by atoms with Gasteiger partial charge in [0.2, 0.25) is 0 Å². The second kappa shape index (κ2) is 7.57. The van der Waals surface area contributed by atoms with Gasteiger partial charge in [-0.2, -0.15) is 0 Å². The summed E-state index contributed by atoms with van der Waals surface area (Å²) in [7, 11) is 3.91. The highest BCUT2D eigenvalue weighted by Gasteiger charge is 2.16. The molecule has 1 aliphatic heterocycles. The lowest BCUT2D eigenvalue weighted by Gasteiger charge is -2.29. The van der Waals surface area contributed by atoms with Gasteiger partial charge in [-0.25, -0.2) is 0 Å². The molecule has 6 heteroatoms. The van der Waals surface area contributed by atoms with Gasteiger partial charge in [-0.05, 0) is 39.4 Å². The Balaban J connectivity index is 1.74. The van der Waals surface area contributed by atoms with Crippen molar-refractivity contribution >= 4 is 0 Å². The Kier molecular flexibility index (Phi) is 5.75. The van der Waals surface area contributed by atoms with Gasteiger partial charge in [0.15, 0.2) is 0 Å². The molecule has 0 spiro atoms. The Bertz CT molecular complexity index is 360. The molecular weight excluding hydrogens is 242 g/mol. The van der Waals surface area contributed by atoms with Crippen LogP contribution >= 0.6 is 0 Å². The second-order valence-electron chi connectivity index (χ2n) is 5.25. The van der Waals surface area contributed by atoms with Gasteiger partial charge in [0.1, 0.15) is 12.2 Å². The molecule has 0 saturated carbocycles.